The maximum absolute atomic E-state index is 15.3. The molecule has 2 aliphatic rings. The van der Waals surface area contributed by atoms with E-state index in [9.17, 15) is 22.0 Å². The minimum atomic E-state index is -4.15. The first-order chi connectivity index (χ1) is 19.0. The Morgan fingerprint density at radius 1 is 1.12 bits per heavy atom. The standard InChI is InChI=1S/C28H27F3N4O4S/c1-15-7-9-18(10-8-15)40(37,38)35-14-20(19-11-17(29)13-32-27(19)35)25-21(30)12-22(31)26(34-25)33-23-6-4-5-16(2)24(23)28(36)39-3/h4,6-13,16,20,23-24H,5,14H2,1-3H3,(H,33,34)/t16?,20?,23?,24-/m1/s1. The van der Waals surface area contributed by atoms with E-state index < -0.39 is 51.3 Å². The molecule has 210 valence electrons. The fraction of sp³-hybridized carbons (Fsp3) is 0.321. The monoisotopic (exact) mass is 572 g/mol. The Bertz CT molecular complexity index is 1600. The molecule has 1 aliphatic heterocycles. The first-order valence-corrected chi connectivity index (χ1v) is 14.1. The van der Waals surface area contributed by atoms with E-state index in [0.717, 1.165) is 22.1 Å². The molecule has 8 nitrogen and oxygen atoms in total. The smallest absolute Gasteiger partial charge is 0.311 e. The fourth-order valence-electron chi connectivity index (χ4n) is 5.24. The average molecular weight is 573 g/mol. The summed E-state index contributed by atoms with van der Waals surface area (Å²) in [5.74, 6) is -5.52. The Morgan fingerprint density at radius 3 is 2.55 bits per heavy atom. The third-order valence-corrected chi connectivity index (χ3v) is 9.12. The molecule has 40 heavy (non-hydrogen) atoms. The van der Waals surface area contributed by atoms with Gasteiger partial charge in [-0.05, 0) is 37.5 Å². The number of benzene rings is 1. The number of fused-ring (bicyclic) bond motifs is 1. The third kappa shape index (κ3) is 4.91. The van der Waals surface area contributed by atoms with Crippen molar-refractivity contribution >= 4 is 27.6 Å². The van der Waals surface area contributed by atoms with Gasteiger partial charge < -0.3 is 10.1 Å². The Kier molecular flexibility index (Phi) is 7.30. The number of hydrogen-bond donors (Lipinski definition) is 1. The molecule has 3 heterocycles. The molecule has 1 aromatic carbocycles. The van der Waals surface area contributed by atoms with Crippen LogP contribution in [0.15, 0.2) is 59.6 Å². The fourth-order valence-corrected chi connectivity index (χ4v) is 6.70. The van der Waals surface area contributed by atoms with Gasteiger partial charge in [-0.2, -0.15) is 0 Å². The first kappa shape index (κ1) is 27.6. The zero-order chi connectivity index (χ0) is 28.8. The van der Waals surface area contributed by atoms with Gasteiger partial charge in [0, 0.05) is 18.2 Å². The minimum Gasteiger partial charge on any atom is -0.469 e. The minimum absolute atomic E-state index is 0.0159. The van der Waals surface area contributed by atoms with Gasteiger partial charge in [-0.3, -0.25) is 4.79 Å². The summed E-state index contributed by atoms with van der Waals surface area (Å²) in [5.41, 5.74) is 0.660. The van der Waals surface area contributed by atoms with Crippen molar-refractivity contribution in [1.29, 1.82) is 0 Å². The van der Waals surface area contributed by atoms with Gasteiger partial charge in [0.15, 0.2) is 11.6 Å². The van der Waals surface area contributed by atoms with E-state index in [-0.39, 0.29) is 40.3 Å². The largest absolute Gasteiger partial charge is 0.469 e. The van der Waals surface area contributed by atoms with Crippen LogP contribution in [-0.4, -0.2) is 44.1 Å². The van der Waals surface area contributed by atoms with Crippen molar-refractivity contribution in [2.24, 2.45) is 11.8 Å². The predicted octanol–water partition coefficient (Wildman–Crippen LogP) is 4.71. The number of ether oxygens (including phenoxy) is 1. The highest BCUT2D eigenvalue weighted by Gasteiger charge is 2.41. The van der Waals surface area contributed by atoms with Crippen molar-refractivity contribution in [1.82, 2.24) is 9.97 Å². The van der Waals surface area contributed by atoms with Crippen LogP contribution in [0.1, 0.15) is 36.1 Å². The molecule has 3 unspecified atom stereocenters. The van der Waals surface area contributed by atoms with Gasteiger partial charge in [0.1, 0.15) is 17.5 Å². The molecule has 0 bridgehead atoms. The Morgan fingerprint density at radius 2 is 1.85 bits per heavy atom. The highest BCUT2D eigenvalue weighted by atomic mass is 32.2. The van der Waals surface area contributed by atoms with Gasteiger partial charge in [0.2, 0.25) is 0 Å². The number of allylic oxidation sites excluding steroid dienone is 1. The van der Waals surface area contributed by atoms with Gasteiger partial charge in [-0.25, -0.2) is 35.9 Å². The van der Waals surface area contributed by atoms with E-state index in [0.29, 0.717) is 12.5 Å². The number of anilines is 2. The van der Waals surface area contributed by atoms with E-state index in [1.54, 1.807) is 18.2 Å². The molecule has 1 N–H and O–H groups in total. The number of carbonyl (C=O) groups excluding carboxylic acids is 1. The molecule has 0 saturated heterocycles. The summed E-state index contributed by atoms with van der Waals surface area (Å²) in [6.45, 7) is 3.34. The van der Waals surface area contributed by atoms with Crippen molar-refractivity contribution < 1.29 is 31.1 Å². The molecule has 2 aromatic heterocycles. The normalized spacial score (nSPS) is 22.2. The quantitative estimate of drug-likeness (QED) is 0.337. The number of carbonyl (C=O) groups is 1. The van der Waals surface area contributed by atoms with Gasteiger partial charge in [0.05, 0.1) is 41.8 Å². The summed E-state index contributed by atoms with van der Waals surface area (Å²) >= 11 is 0. The molecular formula is C28H27F3N4O4S. The van der Waals surface area contributed by atoms with Crippen molar-refractivity contribution in [3.05, 3.63) is 89.0 Å². The second-order valence-electron chi connectivity index (χ2n) is 10.0. The lowest BCUT2D eigenvalue weighted by Gasteiger charge is -2.31. The van der Waals surface area contributed by atoms with E-state index in [1.165, 1.54) is 19.2 Å². The highest BCUT2D eigenvalue weighted by molar-refractivity contribution is 7.92. The number of aromatic nitrogens is 2. The Balaban J connectivity index is 1.55. The van der Waals surface area contributed by atoms with Gasteiger partial charge in [-0.15, -0.1) is 0 Å². The van der Waals surface area contributed by atoms with E-state index in [1.807, 2.05) is 19.9 Å². The average Bonchev–Trinajstić information content (AvgIpc) is 3.29. The number of esters is 1. The van der Waals surface area contributed by atoms with Gasteiger partial charge in [0.25, 0.3) is 10.0 Å². The molecule has 0 saturated carbocycles. The van der Waals surface area contributed by atoms with Crippen LogP contribution in [0, 0.1) is 36.2 Å². The number of rotatable bonds is 6. The second kappa shape index (κ2) is 10.6. The van der Waals surface area contributed by atoms with Gasteiger partial charge >= 0.3 is 5.97 Å². The zero-order valence-corrected chi connectivity index (χ0v) is 22.8. The summed E-state index contributed by atoms with van der Waals surface area (Å²) in [4.78, 5) is 20.6. The van der Waals surface area contributed by atoms with Gasteiger partial charge in [-0.1, -0.05) is 36.8 Å². The maximum atomic E-state index is 15.3. The third-order valence-electron chi connectivity index (χ3n) is 7.35. The van der Waals surface area contributed by atoms with Crippen LogP contribution in [0.25, 0.3) is 0 Å². The zero-order valence-electron chi connectivity index (χ0n) is 21.9. The van der Waals surface area contributed by atoms with E-state index in [4.69, 9.17) is 4.74 Å². The van der Waals surface area contributed by atoms with Crippen LogP contribution in [0.4, 0.5) is 24.8 Å². The van der Waals surface area contributed by atoms with E-state index >= 15 is 4.39 Å². The first-order valence-electron chi connectivity index (χ1n) is 12.6. The van der Waals surface area contributed by atoms with Crippen molar-refractivity contribution in [3.63, 3.8) is 0 Å². The number of nitrogens with one attached hydrogen (secondary N) is 1. The number of hydrogen-bond acceptors (Lipinski definition) is 7. The number of aryl methyl sites for hydroxylation is 1. The lowest BCUT2D eigenvalue weighted by Crippen LogP contribution is -2.40. The second-order valence-corrected chi connectivity index (χ2v) is 11.9. The summed E-state index contributed by atoms with van der Waals surface area (Å²) in [5, 5.41) is 2.88. The SMILES string of the molecule is COC(=O)[C@@H]1C(C)CC=CC1Nc1nc(C2CN(S(=O)(=O)c3ccc(C)cc3)c3ncc(F)cc32)c(F)cc1F. The lowest BCUT2D eigenvalue weighted by molar-refractivity contribution is -0.147. The number of halogens is 3. The molecule has 3 aromatic rings. The summed E-state index contributed by atoms with van der Waals surface area (Å²) in [6.07, 6.45) is 5.04. The van der Waals surface area contributed by atoms with Crippen molar-refractivity contribution in [2.75, 3.05) is 23.3 Å². The molecule has 1 aliphatic carbocycles. The summed E-state index contributed by atoms with van der Waals surface area (Å²) in [6, 6.07) is 7.18. The summed E-state index contributed by atoms with van der Waals surface area (Å²) < 4.78 is 77.6. The maximum Gasteiger partial charge on any atom is 0.311 e. The predicted molar refractivity (Wildman–Crippen MR) is 142 cm³/mol. The number of sulfonamides is 1. The summed E-state index contributed by atoms with van der Waals surface area (Å²) in [7, 11) is -2.89. The number of methoxy groups -OCH3 is 1. The van der Waals surface area contributed by atoms with Crippen molar-refractivity contribution in [2.45, 2.75) is 37.1 Å². The number of pyridine rings is 2. The molecule has 12 heteroatoms. The van der Waals surface area contributed by atoms with Crippen LogP contribution in [-0.2, 0) is 19.6 Å². The molecule has 5 rings (SSSR count). The number of nitrogens with zero attached hydrogens (tertiary/aromatic N) is 3. The van der Waals surface area contributed by atoms with Crippen LogP contribution in [0.5, 0.6) is 0 Å². The topological polar surface area (TPSA) is 101 Å². The lowest BCUT2D eigenvalue weighted by atomic mass is 9.81. The molecular weight excluding hydrogens is 545 g/mol. The molecule has 0 fully saturated rings. The van der Waals surface area contributed by atoms with Crippen LogP contribution in [0.2, 0.25) is 0 Å². The highest BCUT2D eigenvalue weighted by Crippen LogP contribution is 2.42. The molecule has 4 atom stereocenters. The Labute approximate surface area is 230 Å². The molecule has 0 spiro atoms. The molecule has 0 radical (unpaired) electrons. The van der Waals surface area contributed by atoms with Crippen molar-refractivity contribution in [3.8, 4) is 0 Å². The van der Waals surface area contributed by atoms with Crippen LogP contribution < -0.4 is 9.62 Å². The van der Waals surface area contributed by atoms with E-state index in [2.05, 4.69) is 15.3 Å². The molecule has 0 amide bonds. The van der Waals surface area contributed by atoms with Crippen LogP contribution >= 0.6 is 0 Å². The Hall–Kier alpha value is -3.93. The van der Waals surface area contributed by atoms with Crippen LogP contribution in [0.3, 0.4) is 0 Å².